The van der Waals surface area contributed by atoms with E-state index in [0.29, 0.717) is 31.6 Å². The fraction of sp³-hybridized carbons (Fsp3) is 0.350. The van der Waals surface area contributed by atoms with Crippen molar-refractivity contribution in [2.75, 3.05) is 29.4 Å². The smallest absolute Gasteiger partial charge is 0.229 e. The maximum Gasteiger partial charge on any atom is 0.229 e. The zero-order chi connectivity index (χ0) is 20.6. The van der Waals surface area contributed by atoms with Crippen LogP contribution in [0.25, 0.3) is 0 Å². The number of amides is 1. The van der Waals surface area contributed by atoms with Crippen LogP contribution in [0.3, 0.4) is 0 Å². The third-order valence-corrected chi connectivity index (χ3v) is 5.08. The Hall–Kier alpha value is -2.25. The number of benzene rings is 2. The molecule has 0 spiro atoms. The normalized spacial score (nSPS) is 11.1. The predicted octanol–water partition coefficient (Wildman–Crippen LogP) is 3.43. The van der Waals surface area contributed by atoms with Gasteiger partial charge in [-0.1, -0.05) is 30.7 Å². The lowest BCUT2D eigenvalue weighted by atomic mass is 10.1. The lowest BCUT2D eigenvalue weighted by molar-refractivity contribution is -0.120. The molecule has 0 aliphatic carbocycles. The predicted molar refractivity (Wildman–Crippen MR) is 116 cm³/mol. The first kappa shape index (κ1) is 22.0. The molecular weight excluding hydrogens is 398 g/mol. The highest BCUT2D eigenvalue weighted by Gasteiger charge is 2.05. The lowest BCUT2D eigenvalue weighted by Crippen LogP contribution is -2.28. The minimum atomic E-state index is -3.28. The zero-order valence-electron chi connectivity index (χ0n) is 16.1. The molecule has 0 atom stereocenters. The van der Waals surface area contributed by atoms with E-state index in [0.717, 1.165) is 34.5 Å². The van der Waals surface area contributed by atoms with Crippen LogP contribution < -0.4 is 15.4 Å². The van der Waals surface area contributed by atoms with Gasteiger partial charge in [0.1, 0.15) is 0 Å². The van der Waals surface area contributed by atoms with Crippen LogP contribution in [0.15, 0.2) is 42.5 Å². The van der Waals surface area contributed by atoms with Gasteiger partial charge in [-0.15, -0.1) is 0 Å². The third kappa shape index (κ3) is 7.78. The standard InChI is InChI=1S/C20H26ClN3O3S/c1-3-16-14-18(9-10-19(16)21)22-12-13-23-20(25)11-6-15-4-7-17(8-5-15)24-28(2,26)27/h4-5,7-10,14,22,24H,3,6,11-13H2,1-2H3,(H,23,25). The molecule has 0 bridgehead atoms. The average Bonchev–Trinajstić information content (AvgIpc) is 2.64. The van der Waals surface area contributed by atoms with Gasteiger partial charge in [-0.2, -0.15) is 0 Å². The minimum Gasteiger partial charge on any atom is -0.383 e. The molecule has 0 fully saturated rings. The molecule has 0 saturated carbocycles. The number of carbonyl (C=O) groups excluding carboxylic acids is 1. The minimum absolute atomic E-state index is 0.0227. The molecular formula is C20H26ClN3O3S. The maximum atomic E-state index is 12.0. The van der Waals surface area contributed by atoms with Crippen LogP contribution in [0.4, 0.5) is 11.4 Å². The highest BCUT2D eigenvalue weighted by Crippen LogP contribution is 2.20. The van der Waals surface area contributed by atoms with Crippen LogP contribution in [0, 0.1) is 0 Å². The second-order valence-electron chi connectivity index (χ2n) is 6.51. The first-order valence-corrected chi connectivity index (χ1v) is 11.4. The van der Waals surface area contributed by atoms with Gasteiger partial charge in [-0.05, 0) is 54.3 Å². The molecule has 0 saturated heterocycles. The Balaban J connectivity index is 1.69. The van der Waals surface area contributed by atoms with Crippen LogP contribution in [0.2, 0.25) is 5.02 Å². The Morgan fingerprint density at radius 3 is 2.36 bits per heavy atom. The Bertz CT molecular complexity index is 899. The van der Waals surface area contributed by atoms with Gasteiger partial charge in [0, 0.05) is 35.9 Å². The number of sulfonamides is 1. The van der Waals surface area contributed by atoms with E-state index in [1.165, 1.54) is 0 Å². The summed E-state index contributed by atoms with van der Waals surface area (Å²) in [4.78, 5) is 12.0. The van der Waals surface area contributed by atoms with Crippen LogP contribution >= 0.6 is 11.6 Å². The fourth-order valence-corrected chi connectivity index (χ4v) is 3.48. The lowest BCUT2D eigenvalue weighted by Gasteiger charge is -2.10. The summed E-state index contributed by atoms with van der Waals surface area (Å²) in [5.41, 5.74) is 3.56. The van der Waals surface area contributed by atoms with Gasteiger partial charge >= 0.3 is 0 Å². The average molecular weight is 424 g/mol. The van der Waals surface area contributed by atoms with Crippen molar-refractivity contribution in [3.8, 4) is 0 Å². The van der Waals surface area contributed by atoms with Crippen LogP contribution in [0.5, 0.6) is 0 Å². The van der Waals surface area contributed by atoms with Gasteiger partial charge in [-0.25, -0.2) is 8.42 Å². The van der Waals surface area contributed by atoms with Crippen molar-refractivity contribution in [3.05, 3.63) is 58.6 Å². The van der Waals surface area contributed by atoms with Crippen LogP contribution in [-0.4, -0.2) is 33.7 Å². The van der Waals surface area contributed by atoms with Crippen LogP contribution in [-0.2, 0) is 27.7 Å². The van der Waals surface area contributed by atoms with Crippen molar-refractivity contribution >= 4 is 38.9 Å². The van der Waals surface area contributed by atoms with E-state index in [1.54, 1.807) is 12.1 Å². The van der Waals surface area contributed by atoms with E-state index in [4.69, 9.17) is 11.6 Å². The van der Waals surface area contributed by atoms with Crippen molar-refractivity contribution in [2.45, 2.75) is 26.2 Å². The van der Waals surface area contributed by atoms with Gasteiger partial charge in [0.2, 0.25) is 15.9 Å². The second kappa shape index (κ2) is 10.3. The molecule has 0 aliphatic rings. The monoisotopic (exact) mass is 423 g/mol. The van der Waals surface area contributed by atoms with E-state index < -0.39 is 10.0 Å². The van der Waals surface area contributed by atoms with Gasteiger partial charge in [0.25, 0.3) is 0 Å². The summed E-state index contributed by atoms with van der Waals surface area (Å²) >= 11 is 6.11. The van der Waals surface area contributed by atoms with Gasteiger partial charge < -0.3 is 10.6 Å². The summed E-state index contributed by atoms with van der Waals surface area (Å²) < 4.78 is 24.8. The SMILES string of the molecule is CCc1cc(NCCNC(=O)CCc2ccc(NS(C)(=O)=O)cc2)ccc1Cl. The summed E-state index contributed by atoms with van der Waals surface area (Å²) in [6.07, 6.45) is 2.95. The van der Waals surface area contributed by atoms with Gasteiger partial charge in [0.15, 0.2) is 0 Å². The first-order chi connectivity index (χ1) is 13.3. The number of aryl methyl sites for hydroxylation is 2. The maximum absolute atomic E-state index is 12.0. The zero-order valence-corrected chi connectivity index (χ0v) is 17.7. The van der Waals surface area contributed by atoms with Crippen LogP contribution in [0.1, 0.15) is 24.5 Å². The van der Waals surface area contributed by atoms with Gasteiger partial charge in [-0.3, -0.25) is 9.52 Å². The summed E-state index contributed by atoms with van der Waals surface area (Å²) in [6, 6.07) is 12.8. The molecule has 6 nitrogen and oxygen atoms in total. The Morgan fingerprint density at radius 1 is 1.04 bits per heavy atom. The molecule has 0 radical (unpaired) electrons. The van der Waals surface area contributed by atoms with Crippen molar-refractivity contribution in [1.29, 1.82) is 0 Å². The molecule has 2 rings (SSSR count). The highest BCUT2D eigenvalue weighted by atomic mass is 35.5. The number of anilines is 2. The van der Waals surface area contributed by atoms with Crippen molar-refractivity contribution in [2.24, 2.45) is 0 Å². The highest BCUT2D eigenvalue weighted by molar-refractivity contribution is 7.92. The van der Waals surface area contributed by atoms with E-state index >= 15 is 0 Å². The number of carbonyl (C=O) groups is 1. The molecule has 3 N–H and O–H groups in total. The molecule has 0 aliphatic heterocycles. The third-order valence-electron chi connectivity index (χ3n) is 4.10. The molecule has 0 unspecified atom stereocenters. The molecule has 2 aromatic rings. The van der Waals surface area contributed by atoms with Gasteiger partial charge in [0.05, 0.1) is 6.26 Å². The molecule has 28 heavy (non-hydrogen) atoms. The van der Waals surface area contributed by atoms with E-state index in [2.05, 4.69) is 22.3 Å². The van der Waals surface area contributed by atoms with E-state index in [1.807, 2.05) is 30.3 Å². The Morgan fingerprint density at radius 2 is 1.71 bits per heavy atom. The quantitative estimate of drug-likeness (QED) is 0.511. The molecule has 152 valence electrons. The summed E-state index contributed by atoms with van der Waals surface area (Å²) in [5, 5.41) is 6.92. The summed E-state index contributed by atoms with van der Waals surface area (Å²) in [7, 11) is -3.28. The number of hydrogen-bond acceptors (Lipinski definition) is 4. The number of rotatable bonds is 10. The Kier molecular flexibility index (Phi) is 8.14. The molecule has 0 aromatic heterocycles. The van der Waals surface area contributed by atoms with Crippen molar-refractivity contribution in [3.63, 3.8) is 0 Å². The first-order valence-electron chi connectivity index (χ1n) is 9.12. The number of nitrogens with one attached hydrogen (secondary N) is 3. The largest absolute Gasteiger partial charge is 0.383 e. The summed E-state index contributed by atoms with van der Waals surface area (Å²) in [5.74, 6) is -0.0227. The Labute approximate surface area is 171 Å². The molecule has 0 heterocycles. The summed E-state index contributed by atoms with van der Waals surface area (Å²) in [6.45, 7) is 3.21. The van der Waals surface area contributed by atoms with Crippen molar-refractivity contribution in [1.82, 2.24) is 5.32 Å². The molecule has 2 aromatic carbocycles. The topological polar surface area (TPSA) is 87.3 Å². The fourth-order valence-electron chi connectivity index (χ4n) is 2.66. The molecule has 1 amide bonds. The number of halogens is 1. The molecule has 8 heteroatoms. The van der Waals surface area contributed by atoms with E-state index in [-0.39, 0.29) is 5.91 Å². The second-order valence-corrected chi connectivity index (χ2v) is 8.66. The number of hydrogen-bond donors (Lipinski definition) is 3. The van der Waals surface area contributed by atoms with Crippen molar-refractivity contribution < 1.29 is 13.2 Å². The van der Waals surface area contributed by atoms with E-state index in [9.17, 15) is 13.2 Å².